The molecule has 0 fully saturated rings. The number of fused-ring (bicyclic) bond motifs is 1. The van der Waals surface area contributed by atoms with Crippen LogP contribution < -0.4 is 4.74 Å². The summed E-state index contributed by atoms with van der Waals surface area (Å²) in [5, 5.41) is 11.5. The van der Waals surface area contributed by atoms with Crippen LogP contribution in [0, 0.1) is 0 Å². The number of hydrogen-bond acceptors (Lipinski definition) is 4. The maximum Gasteiger partial charge on any atom is 0.212 e. The molecule has 21 heavy (non-hydrogen) atoms. The number of pyridine rings is 2. The molecule has 0 radical (unpaired) electrons. The molecule has 0 aliphatic heterocycles. The monoisotopic (exact) mass is 280 g/mol. The number of para-hydroxylation sites is 1. The fourth-order valence-electron chi connectivity index (χ4n) is 2.38. The second-order valence-electron chi connectivity index (χ2n) is 4.85. The summed E-state index contributed by atoms with van der Waals surface area (Å²) in [5.74, 6) is 0.570. The zero-order valence-corrected chi connectivity index (χ0v) is 11.7. The van der Waals surface area contributed by atoms with Crippen LogP contribution in [-0.4, -0.2) is 22.2 Å². The minimum absolute atomic E-state index is 0.493. The third-order valence-electron chi connectivity index (χ3n) is 3.46. The van der Waals surface area contributed by atoms with E-state index in [0.717, 1.165) is 22.0 Å². The number of nitrogens with zero attached hydrogens (tertiary/aromatic N) is 2. The molecule has 0 amide bonds. The summed E-state index contributed by atoms with van der Waals surface area (Å²) in [4.78, 5) is 8.53. The first-order chi connectivity index (χ1) is 10.3. The average molecular weight is 280 g/mol. The van der Waals surface area contributed by atoms with Gasteiger partial charge < -0.3 is 9.84 Å². The van der Waals surface area contributed by atoms with Gasteiger partial charge in [-0.1, -0.05) is 30.3 Å². The van der Waals surface area contributed by atoms with Gasteiger partial charge in [-0.2, -0.15) is 0 Å². The Morgan fingerprint density at radius 2 is 1.95 bits per heavy atom. The lowest BCUT2D eigenvalue weighted by Crippen LogP contribution is -2.04. The van der Waals surface area contributed by atoms with Crippen molar-refractivity contribution < 1.29 is 9.84 Å². The topological polar surface area (TPSA) is 55.2 Å². The van der Waals surface area contributed by atoms with Crippen LogP contribution in [0.15, 0.2) is 54.9 Å². The van der Waals surface area contributed by atoms with Gasteiger partial charge in [0.1, 0.15) is 0 Å². The van der Waals surface area contributed by atoms with Crippen LogP contribution in [0.3, 0.4) is 0 Å². The minimum atomic E-state index is -0.612. The largest absolute Gasteiger partial charge is 0.481 e. The zero-order chi connectivity index (χ0) is 14.7. The third-order valence-corrected chi connectivity index (χ3v) is 3.46. The van der Waals surface area contributed by atoms with E-state index in [1.165, 1.54) is 0 Å². The number of aliphatic hydroxyl groups excluding tert-OH is 1. The maximum absolute atomic E-state index is 10.5. The van der Waals surface area contributed by atoms with E-state index in [9.17, 15) is 5.11 Å². The molecule has 1 atom stereocenters. The quantitative estimate of drug-likeness (QED) is 0.798. The molecule has 106 valence electrons. The van der Waals surface area contributed by atoms with E-state index in [2.05, 4.69) is 9.97 Å². The number of benzene rings is 1. The van der Waals surface area contributed by atoms with Gasteiger partial charge in [0.15, 0.2) is 0 Å². The molecule has 1 N–H and O–H groups in total. The van der Waals surface area contributed by atoms with Crippen LogP contribution in [0.5, 0.6) is 5.88 Å². The Kier molecular flexibility index (Phi) is 3.79. The van der Waals surface area contributed by atoms with E-state index >= 15 is 0 Å². The standard InChI is InChI=1S/C17H16N2O2/c1-21-16-8-7-12(11-19-16)10-15(20)14-6-2-4-13-5-3-9-18-17(13)14/h2-9,11,15,20H,10H2,1H3. The van der Waals surface area contributed by atoms with E-state index in [1.807, 2.05) is 36.4 Å². The molecular weight excluding hydrogens is 264 g/mol. The molecule has 4 nitrogen and oxygen atoms in total. The fourth-order valence-corrected chi connectivity index (χ4v) is 2.38. The van der Waals surface area contributed by atoms with E-state index < -0.39 is 6.10 Å². The summed E-state index contributed by atoms with van der Waals surface area (Å²) in [6.45, 7) is 0. The predicted molar refractivity (Wildman–Crippen MR) is 81.2 cm³/mol. The van der Waals surface area contributed by atoms with E-state index in [1.54, 1.807) is 25.6 Å². The van der Waals surface area contributed by atoms with Crippen LogP contribution in [-0.2, 0) is 6.42 Å². The van der Waals surface area contributed by atoms with Crippen molar-refractivity contribution in [2.45, 2.75) is 12.5 Å². The van der Waals surface area contributed by atoms with Crippen LogP contribution >= 0.6 is 0 Å². The number of aliphatic hydroxyl groups is 1. The molecule has 2 heterocycles. The predicted octanol–water partition coefficient (Wildman–Crippen LogP) is 2.91. The molecule has 3 aromatic rings. The number of methoxy groups -OCH3 is 1. The first-order valence-electron chi connectivity index (χ1n) is 6.78. The second-order valence-corrected chi connectivity index (χ2v) is 4.85. The highest BCUT2D eigenvalue weighted by molar-refractivity contribution is 5.81. The number of aromatic nitrogens is 2. The van der Waals surface area contributed by atoms with Crippen molar-refractivity contribution in [2.75, 3.05) is 7.11 Å². The summed E-state index contributed by atoms with van der Waals surface area (Å²) < 4.78 is 5.03. The first kappa shape index (κ1) is 13.5. The van der Waals surface area contributed by atoms with Crippen molar-refractivity contribution in [1.82, 2.24) is 9.97 Å². The summed E-state index contributed by atoms with van der Waals surface area (Å²) in [6.07, 6.45) is 3.35. The Labute approximate surface area is 123 Å². The van der Waals surface area contributed by atoms with Gasteiger partial charge >= 0.3 is 0 Å². The Bertz CT molecular complexity index is 736. The van der Waals surface area contributed by atoms with Crippen molar-refractivity contribution in [3.63, 3.8) is 0 Å². The SMILES string of the molecule is COc1ccc(CC(O)c2cccc3cccnc23)cn1. The van der Waals surface area contributed by atoms with Crippen LogP contribution in [0.1, 0.15) is 17.2 Å². The number of hydrogen-bond donors (Lipinski definition) is 1. The summed E-state index contributed by atoms with van der Waals surface area (Å²) in [5.41, 5.74) is 2.63. The van der Waals surface area contributed by atoms with Gasteiger partial charge in [0.2, 0.25) is 5.88 Å². The average Bonchev–Trinajstić information content (AvgIpc) is 2.55. The molecule has 0 aliphatic rings. The van der Waals surface area contributed by atoms with Gasteiger partial charge in [-0.15, -0.1) is 0 Å². The van der Waals surface area contributed by atoms with E-state index in [-0.39, 0.29) is 0 Å². The lowest BCUT2D eigenvalue weighted by Gasteiger charge is -2.13. The van der Waals surface area contributed by atoms with Crippen molar-refractivity contribution >= 4 is 10.9 Å². The molecule has 0 aliphatic carbocycles. The third kappa shape index (κ3) is 2.85. The Morgan fingerprint density at radius 1 is 1.10 bits per heavy atom. The van der Waals surface area contributed by atoms with Gasteiger partial charge in [0.25, 0.3) is 0 Å². The van der Waals surface area contributed by atoms with Gasteiger partial charge in [-0.25, -0.2) is 4.98 Å². The maximum atomic E-state index is 10.5. The molecule has 3 rings (SSSR count). The summed E-state index contributed by atoms with van der Waals surface area (Å²) in [7, 11) is 1.58. The lowest BCUT2D eigenvalue weighted by atomic mass is 10.00. The van der Waals surface area contributed by atoms with Crippen LogP contribution in [0.4, 0.5) is 0 Å². The Morgan fingerprint density at radius 3 is 2.71 bits per heavy atom. The van der Waals surface area contributed by atoms with Crippen molar-refractivity contribution in [2.24, 2.45) is 0 Å². The van der Waals surface area contributed by atoms with Crippen molar-refractivity contribution in [3.05, 3.63) is 66.0 Å². The highest BCUT2D eigenvalue weighted by Gasteiger charge is 2.13. The van der Waals surface area contributed by atoms with Crippen LogP contribution in [0.2, 0.25) is 0 Å². The molecule has 4 heteroatoms. The molecule has 0 bridgehead atoms. The van der Waals surface area contributed by atoms with Crippen LogP contribution in [0.25, 0.3) is 10.9 Å². The molecule has 1 aromatic carbocycles. The zero-order valence-electron chi connectivity index (χ0n) is 11.7. The summed E-state index contributed by atoms with van der Waals surface area (Å²) >= 11 is 0. The molecular formula is C17H16N2O2. The highest BCUT2D eigenvalue weighted by Crippen LogP contribution is 2.25. The van der Waals surface area contributed by atoms with E-state index in [4.69, 9.17) is 4.74 Å². The van der Waals surface area contributed by atoms with Gasteiger partial charge in [0.05, 0.1) is 18.7 Å². The molecule has 0 saturated heterocycles. The normalized spacial score (nSPS) is 12.3. The summed E-state index contributed by atoms with van der Waals surface area (Å²) in [6, 6.07) is 13.4. The smallest absolute Gasteiger partial charge is 0.212 e. The van der Waals surface area contributed by atoms with E-state index in [0.29, 0.717) is 12.3 Å². The van der Waals surface area contributed by atoms with Crippen molar-refractivity contribution in [1.29, 1.82) is 0 Å². The molecule has 1 unspecified atom stereocenters. The highest BCUT2D eigenvalue weighted by atomic mass is 16.5. The molecule has 0 spiro atoms. The van der Waals surface area contributed by atoms with Gasteiger partial charge in [-0.05, 0) is 11.6 Å². The van der Waals surface area contributed by atoms with Gasteiger partial charge in [-0.3, -0.25) is 4.98 Å². The molecule has 0 saturated carbocycles. The lowest BCUT2D eigenvalue weighted by molar-refractivity contribution is 0.179. The Balaban J connectivity index is 1.88. The molecule has 2 aromatic heterocycles. The first-order valence-corrected chi connectivity index (χ1v) is 6.78. The Hall–Kier alpha value is -2.46. The fraction of sp³-hybridized carbons (Fsp3) is 0.176. The number of rotatable bonds is 4. The van der Waals surface area contributed by atoms with Crippen molar-refractivity contribution in [3.8, 4) is 5.88 Å². The number of ether oxygens (including phenoxy) is 1. The minimum Gasteiger partial charge on any atom is -0.481 e. The van der Waals surface area contributed by atoms with Gasteiger partial charge in [0, 0.05) is 35.8 Å². The second kappa shape index (κ2) is 5.89.